The number of rotatable bonds is 4. The number of hydrogen-bond donors (Lipinski definition) is 1. The lowest BCUT2D eigenvalue weighted by Crippen LogP contribution is -2.54. The van der Waals surface area contributed by atoms with Crippen molar-refractivity contribution in [2.45, 2.75) is 25.3 Å². The van der Waals surface area contributed by atoms with E-state index in [4.69, 9.17) is 0 Å². The number of urea groups is 1. The summed E-state index contributed by atoms with van der Waals surface area (Å²) in [5.74, 6) is 2.59. The molecule has 0 radical (unpaired) electrons. The molecule has 126 valence electrons. The van der Waals surface area contributed by atoms with Crippen molar-refractivity contribution >= 4 is 17.8 Å². The quantitative estimate of drug-likeness (QED) is 0.919. The molecule has 3 rings (SSSR count). The minimum Gasteiger partial charge on any atom is -0.338 e. The monoisotopic (exact) mass is 333 g/mol. The minimum absolute atomic E-state index is 0.0970. The largest absolute Gasteiger partial charge is 0.338 e. The summed E-state index contributed by atoms with van der Waals surface area (Å²) in [6.07, 6.45) is 3.52. The topological polar surface area (TPSA) is 35.6 Å². The van der Waals surface area contributed by atoms with Crippen molar-refractivity contribution < 1.29 is 4.79 Å². The first kappa shape index (κ1) is 16.7. The second-order valence-corrected chi connectivity index (χ2v) is 7.56. The van der Waals surface area contributed by atoms with E-state index in [0.717, 1.165) is 38.6 Å². The van der Waals surface area contributed by atoms with Crippen LogP contribution in [0, 0.1) is 0 Å². The Morgan fingerprint density at radius 1 is 1.09 bits per heavy atom. The van der Waals surface area contributed by atoms with Crippen LogP contribution in [0.1, 0.15) is 18.4 Å². The molecule has 23 heavy (non-hydrogen) atoms. The van der Waals surface area contributed by atoms with Crippen LogP contribution in [0.25, 0.3) is 0 Å². The number of amides is 2. The van der Waals surface area contributed by atoms with E-state index < -0.39 is 0 Å². The molecule has 2 aliphatic heterocycles. The highest BCUT2D eigenvalue weighted by Crippen LogP contribution is 2.22. The van der Waals surface area contributed by atoms with Crippen molar-refractivity contribution in [2.75, 3.05) is 44.2 Å². The summed E-state index contributed by atoms with van der Waals surface area (Å²) >= 11 is 2.07. The Morgan fingerprint density at radius 2 is 1.78 bits per heavy atom. The molecule has 0 saturated carbocycles. The molecule has 1 N–H and O–H groups in total. The van der Waals surface area contributed by atoms with Crippen LogP contribution in [0.4, 0.5) is 4.79 Å². The van der Waals surface area contributed by atoms with Crippen molar-refractivity contribution in [1.82, 2.24) is 15.1 Å². The third kappa shape index (κ3) is 4.88. The average Bonchev–Trinajstić information content (AvgIpc) is 2.63. The number of thioether (sulfide) groups is 1. The summed E-state index contributed by atoms with van der Waals surface area (Å²) in [6.45, 7) is 4.49. The maximum absolute atomic E-state index is 12.3. The van der Waals surface area contributed by atoms with Crippen LogP contribution >= 0.6 is 11.8 Å². The van der Waals surface area contributed by atoms with Crippen LogP contribution in [0.3, 0.4) is 0 Å². The van der Waals surface area contributed by atoms with E-state index in [0.29, 0.717) is 6.54 Å². The van der Waals surface area contributed by atoms with Gasteiger partial charge in [0.05, 0.1) is 0 Å². The number of carbonyl (C=O) groups is 1. The SMILES string of the molecule is O=C(NCCc1ccccc1)N1CCN(C2CCSCC2)CC1. The van der Waals surface area contributed by atoms with Gasteiger partial charge in [0.15, 0.2) is 0 Å². The predicted molar refractivity (Wildman–Crippen MR) is 97.0 cm³/mol. The lowest BCUT2D eigenvalue weighted by atomic mass is 10.1. The first-order valence-electron chi connectivity index (χ1n) is 8.71. The number of hydrogen-bond acceptors (Lipinski definition) is 3. The maximum Gasteiger partial charge on any atom is 0.317 e. The highest BCUT2D eigenvalue weighted by molar-refractivity contribution is 7.99. The molecule has 2 fully saturated rings. The van der Waals surface area contributed by atoms with Gasteiger partial charge < -0.3 is 10.2 Å². The highest BCUT2D eigenvalue weighted by atomic mass is 32.2. The van der Waals surface area contributed by atoms with E-state index in [1.54, 1.807) is 0 Å². The van der Waals surface area contributed by atoms with Crippen molar-refractivity contribution in [3.05, 3.63) is 35.9 Å². The van der Waals surface area contributed by atoms with Crippen molar-refractivity contribution in [3.8, 4) is 0 Å². The molecule has 2 amide bonds. The molecule has 2 heterocycles. The molecule has 0 aromatic heterocycles. The Bertz CT molecular complexity index is 482. The maximum atomic E-state index is 12.3. The molecule has 1 aromatic carbocycles. The van der Waals surface area contributed by atoms with Gasteiger partial charge in [0.25, 0.3) is 0 Å². The zero-order valence-corrected chi connectivity index (χ0v) is 14.6. The highest BCUT2D eigenvalue weighted by Gasteiger charge is 2.26. The van der Waals surface area contributed by atoms with E-state index in [1.807, 2.05) is 23.1 Å². The second-order valence-electron chi connectivity index (χ2n) is 6.33. The molecule has 0 aliphatic carbocycles. The Hall–Kier alpha value is -1.20. The van der Waals surface area contributed by atoms with E-state index in [1.165, 1.54) is 29.9 Å². The molecule has 1 aromatic rings. The van der Waals surface area contributed by atoms with Crippen LogP contribution in [0.5, 0.6) is 0 Å². The van der Waals surface area contributed by atoms with Gasteiger partial charge in [-0.1, -0.05) is 30.3 Å². The summed E-state index contributed by atoms with van der Waals surface area (Å²) in [6, 6.07) is 11.2. The molecular formula is C18H27N3OS. The van der Waals surface area contributed by atoms with Gasteiger partial charge >= 0.3 is 6.03 Å². The molecule has 0 bridgehead atoms. The molecule has 2 aliphatic rings. The van der Waals surface area contributed by atoms with Gasteiger partial charge in [-0.05, 0) is 36.3 Å². The van der Waals surface area contributed by atoms with Gasteiger partial charge in [-0.3, -0.25) is 4.90 Å². The van der Waals surface area contributed by atoms with Crippen molar-refractivity contribution in [3.63, 3.8) is 0 Å². The normalized spacial score (nSPS) is 20.4. The smallest absolute Gasteiger partial charge is 0.317 e. The van der Waals surface area contributed by atoms with Gasteiger partial charge in [-0.2, -0.15) is 11.8 Å². The van der Waals surface area contributed by atoms with E-state index in [-0.39, 0.29) is 6.03 Å². The van der Waals surface area contributed by atoms with Crippen molar-refractivity contribution in [2.24, 2.45) is 0 Å². The molecule has 2 saturated heterocycles. The summed E-state index contributed by atoms with van der Waals surface area (Å²) in [4.78, 5) is 16.8. The second kappa shape index (κ2) is 8.60. The fraction of sp³-hybridized carbons (Fsp3) is 0.611. The fourth-order valence-electron chi connectivity index (χ4n) is 3.41. The lowest BCUT2D eigenvalue weighted by molar-refractivity contribution is 0.104. The van der Waals surface area contributed by atoms with E-state index in [9.17, 15) is 4.79 Å². The minimum atomic E-state index is 0.0970. The average molecular weight is 334 g/mol. The summed E-state index contributed by atoms with van der Waals surface area (Å²) in [7, 11) is 0. The van der Waals surface area contributed by atoms with Crippen LogP contribution in [0.2, 0.25) is 0 Å². The molecule has 0 spiro atoms. The number of nitrogens with zero attached hydrogens (tertiary/aromatic N) is 2. The Balaban J connectivity index is 1.36. The van der Waals surface area contributed by atoms with E-state index >= 15 is 0 Å². The Morgan fingerprint density at radius 3 is 2.48 bits per heavy atom. The molecule has 0 atom stereocenters. The number of benzene rings is 1. The molecule has 0 unspecified atom stereocenters. The van der Waals surface area contributed by atoms with Gasteiger partial charge in [0.2, 0.25) is 0 Å². The van der Waals surface area contributed by atoms with Gasteiger partial charge in [-0.25, -0.2) is 4.79 Å². The summed E-state index contributed by atoms with van der Waals surface area (Å²) < 4.78 is 0. The first-order chi connectivity index (χ1) is 11.3. The Labute approximate surface area is 143 Å². The number of piperazine rings is 1. The summed E-state index contributed by atoms with van der Waals surface area (Å²) in [5.41, 5.74) is 1.27. The van der Waals surface area contributed by atoms with Gasteiger partial charge in [-0.15, -0.1) is 0 Å². The zero-order chi connectivity index (χ0) is 15.9. The molecule has 5 heteroatoms. The van der Waals surface area contributed by atoms with Crippen LogP contribution in [-0.2, 0) is 6.42 Å². The van der Waals surface area contributed by atoms with Crippen LogP contribution in [-0.4, -0.2) is 66.1 Å². The standard InChI is InChI=1S/C18H27N3OS/c22-18(19-9-6-16-4-2-1-3-5-16)21-12-10-20(11-13-21)17-7-14-23-15-8-17/h1-5,17H,6-15H2,(H,19,22). The summed E-state index contributed by atoms with van der Waals surface area (Å²) in [5, 5.41) is 3.06. The Kier molecular flexibility index (Phi) is 6.22. The van der Waals surface area contributed by atoms with E-state index in [2.05, 4.69) is 34.1 Å². The lowest BCUT2D eigenvalue weighted by Gasteiger charge is -2.40. The third-order valence-corrected chi connectivity index (χ3v) is 5.89. The number of carbonyl (C=O) groups excluding carboxylic acids is 1. The van der Waals surface area contributed by atoms with Gasteiger partial charge in [0.1, 0.15) is 0 Å². The first-order valence-corrected chi connectivity index (χ1v) is 9.87. The third-order valence-electron chi connectivity index (χ3n) is 4.84. The van der Waals surface area contributed by atoms with Crippen molar-refractivity contribution in [1.29, 1.82) is 0 Å². The number of nitrogens with one attached hydrogen (secondary N) is 1. The van der Waals surface area contributed by atoms with Gasteiger partial charge in [0, 0.05) is 38.8 Å². The fourth-order valence-corrected chi connectivity index (χ4v) is 4.49. The zero-order valence-electron chi connectivity index (χ0n) is 13.7. The van der Waals surface area contributed by atoms with Crippen LogP contribution < -0.4 is 5.32 Å². The molecular weight excluding hydrogens is 306 g/mol. The predicted octanol–water partition coefficient (Wildman–Crippen LogP) is 2.45. The molecule has 4 nitrogen and oxygen atoms in total. The van der Waals surface area contributed by atoms with Crippen LogP contribution in [0.15, 0.2) is 30.3 Å².